The van der Waals surface area contributed by atoms with Crippen molar-refractivity contribution in [2.24, 2.45) is 11.7 Å². The number of rotatable bonds is 5. The first kappa shape index (κ1) is 12.5. The molecule has 4 heteroatoms. The summed E-state index contributed by atoms with van der Waals surface area (Å²) in [7, 11) is 0. The van der Waals surface area contributed by atoms with Crippen LogP contribution in [0.3, 0.4) is 0 Å². The Hall–Kier alpha value is -1.58. The van der Waals surface area contributed by atoms with Crippen molar-refractivity contribution in [3.8, 4) is 5.88 Å². The fourth-order valence-electron chi connectivity index (χ4n) is 2.86. The molecule has 0 bridgehead atoms. The van der Waals surface area contributed by atoms with Crippen LogP contribution in [0.4, 0.5) is 0 Å². The molecule has 1 saturated carbocycles. The smallest absolute Gasteiger partial charge is 0.224 e. The predicted molar refractivity (Wildman–Crippen MR) is 74.7 cm³/mol. The molecule has 19 heavy (non-hydrogen) atoms. The van der Waals surface area contributed by atoms with Gasteiger partial charge in [-0.05, 0) is 43.2 Å². The molecule has 0 spiro atoms. The van der Waals surface area contributed by atoms with E-state index in [2.05, 4.69) is 4.98 Å². The summed E-state index contributed by atoms with van der Waals surface area (Å²) in [6.45, 7) is 0.691. The highest BCUT2D eigenvalue weighted by molar-refractivity contribution is 5.97. The molecule has 0 radical (unpaired) electrons. The van der Waals surface area contributed by atoms with E-state index >= 15 is 0 Å². The van der Waals surface area contributed by atoms with Gasteiger partial charge < -0.3 is 10.5 Å². The van der Waals surface area contributed by atoms with Crippen LogP contribution in [0, 0.1) is 11.3 Å². The van der Waals surface area contributed by atoms with Crippen molar-refractivity contribution in [2.45, 2.75) is 44.9 Å². The van der Waals surface area contributed by atoms with Crippen LogP contribution in [-0.2, 0) is 12.8 Å². The Kier molecular flexibility index (Phi) is 3.40. The summed E-state index contributed by atoms with van der Waals surface area (Å²) in [6, 6.07) is 2.00. The molecular formula is C15H21N3O. The van der Waals surface area contributed by atoms with Crippen molar-refractivity contribution < 1.29 is 4.74 Å². The topological polar surface area (TPSA) is 72.0 Å². The molecule has 2 aliphatic carbocycles. The molecule has 1 aromatic rings. The Morgan fingerprint density at radius 2 is 2.21 bits per heavy atom. The molecule has 2 aliphatic rings. The highest BCUT2D eigenvalue weighted by atomic mass is 16.5. The van der Waals surface area contributed by atoms with Gasteiger partial charge in [0, 0.05) is 5.69 Å². The zero-order valence-electron chi connectivity index (χ0n) is 11.2. The third kappa shape index (κ3) is 2.57. The number of ether oxygens (including phenoxy) is 1. The van der Waals surface area contributed by atoms with Gasteiger partial charge in [-0.25, -0.2) is 4.98 Å². The van der Waals surface area contributed by atoms with E-state index in [1.54, 1.807) is 0 Å². The van der Waals surface area contributed by atoms with E-state index in [0.717, 1.165) is 37.3 Å². The van der Waals surface area contributed by atoms with Gasteiger partial charge in [0.2, 0.25) is 5.88 Å². The molecule has 1 heterocycles. The summed E-state index contributed by atoms with van der Waals surface area (Å²) in [5.41, 5.74) is 8.66. The average molecular weight is 259 g/mol. The summed E-state index contributed by atoms with van der Waals surface area (Å²) in [5, 5.41) is 7.66. The normalized spacial score (nSPS) is 17.9. The predicted octanol–water partition coefficient (Wildman–Crippen LogP) is 2.42. The van der Waals surface area contributed by atoms with E-state index in [9.17, 15) is 0 Å². The van der Waals surface area contributed by atoms with Crippen molar-refractivity contribution in [1.29, 1.82) is 5.41 Å². The van der Waals surface area contributed by atoms with E-state index in [4.69, 9.17) is 15.9 Å². The van der Waals surface area contributed by atoms with Crippen LogP contribution in [0.25, 0.3) is 0 Å². The molecule has 0 amide bonds. The Morgan fingerprint density at radius 1 is 1.37 bits per heavy atom. The number of nitrogens with one attached hydrogen (secondary N) is 1. The average Bonchev–Trinajstić information content (AvgIpc) is 2.78. The van der Waals surface area contributed by atoms with Gasteiger partial charge in [0.1, 0.15) is 5.84 Å². The molecule has 1 aromatic heterocycles. The maximum Gasteiger partial charge on any atom is 0.224 e. The van der Waals surface area contributed by atoms with E-state index in [-0.39, 0.29) is 5.84 Å². The first-order valence-electron chi connectivity index (χ1n) is 7.24. The van der Waals surface area contributed by atoms with Crippen molar-refractivity contribution in [1.82, 2.24) is 4.98 Å². The number of nitrogens with two attached hydrogens (primary N) is 1. The van der Waals surface area contributed by atoms with Gasteiger partial charge in [-0.15, -0.1) is 0 Å². The standard InChI is InChI=1S/C15H21N3O/c16-14(17)12-9-11-5-2-6-13(11)18-15(12)19-8-7-10-3-1-4-10/h9-10H,1-8H2,(H3,16,17). The third-order valence-electron chi connectivity index (χ3n) is 4.30. The zero-order chi connectivity index (χ0) is 13.2. The molecule has 0 aliphatic heterocycles. The molecule has 0 unspecified atom stereocenters. The molecule has 0 atom stereocenters. The lowest BCUT2D eigenvalue weighted by Crippen LogP contribution is -2.18. The molecule has 0 saturated heterocycles. The fourth-order valence-corrected chi connectivity index (χ4v) is 2.86. The summed E-state index contributed by atoms with van der Waals surface area (Å²) < 4.78 is 5.80. The van der Waals surface area contributed by atoms with E-state index < -0.39 is 0 Å². The van der Waals surface area contributed by atoms with Crippen molar-refractivity contribution in [2.75, 3.05) is 6.61 Å². The Balaban J connectivity index is 1.72. The largest absolute Gasteiger partial charge is 0.477 e. The first-order chi connectivity index (χ1) is 9.24. The van der Waals surface area contributed by atoms with Gasteiger partial charge in [-0.3, -0.25) is 5.41 Å². The number of nitrogens with zero attached hydrogens (tertiary/aromatic N) is 1. The lowest BCUT2D eigenvalue weighted by molar-refractivity contribution is 0.217. The number of nitrogen functional groups attached to an aromatic ring is 1. The van der Waals surface area contributed by atoms with Crippen LogP contribution in [0.15, 0.2) is 6.07 Å². The van der Waals surface area contributed by atoms with E-state index in [1.165, 1.54) is 24.8 Å². The molecule has 102 valence electrons. The van der Waals surface area contributed by atoms with Crippen LogP contribution in [0.2, 0.25) is 0 Å². The summed E-state index contributed by atoms with van der Waals surface area (Å²) >= 11 is 0. The summed E-state index contributed by atoms with van der Waals surface area (Å²) in [6.07, 6.45) is 8.33. The van der Waals surface area contributed by atoms with E-state index in [0.29, 0.717) is 18.1 Å². The second kappa shape index (κ2) is 5.19. The Labute approximate surface area is 113 Å². The monoisotopic (exact) mass is 259 g/mol. The van der Waals surface area contributed by atoms with E-state index in [1.807, 2.05) is 6.07 Å². The maximum atomic E-state index is 7.66. The Morgan fingerprint density at radius 3 is 2.89 bits per heavy atom. The minimum absolute atomic E-state index is 0.0563. The number of amidine groups is 1. The summed E-state index contributed by atoms with van der Waals surface area (Å²) in [4.78, 5) is 4.57. The second-order valence-corrected chi connectivity index (χ2v) is 5.65. The van der Waals surface area contributed by atoms with Crippen molar-refractivity contribution >= 4 is 5.84 Å². The van der Waals surface area contributed by atoms with Gasteiger partial charge in [0.15, 0.2) is 0 Å². The number of aryl methyl sites for hydroxylation is 2. The van der Waals surface area contributed by atoms with Gasteiger partial charge in [0.05, 0.1) is 12.2 Å². The third-order valence-corrected chi connectivity index (χ3v) is 4.30. The van der Waals surface area contributed by atoms with Crippen LogP contribution in [0.1, 0.15) is 48.9 Å². The molecule has 1 fully saturated rings. The highest BCUT2D eigenvalue weighted by Crippen LogP contribution is 2.30. The fraction of sp³-hybridized carbons (Fsp3) is 0.600. The summed E-state index contributed by atoms with van der Waals surface area (Å²) in [5.74, 6) is 1.45. The van der Waals surface area contributed by atoms with Gasteiger partial charge in [-0.2, -0.15) is 0 Å². The zero-order valence-corrected chi connectivity index (χ0v) is 11.2. The quantitative estimate of drug-likeness (QED) is 0.630. The number of hydrogen-bond donors (Lipinski definition) is 2. The Bertz CT molecular complexity index is 494. The minimum atomic E-state index is 0.0563. The van der Waals surface area contributed by atoms with Crippen LogP contribution in [-0.4, -0.2) is 17.4 Å². The number of hydrogen-bond acceptors (Lipinski definition) is 3. The van der Waals surface area contributed by atoms with Gasteiger partial charge in [-0.1, -0.05) is 19.3 Å². The molecular weight excluding hydrogens is 238 g/mol. The molecule has 3 rings (SSSR count). The lowest BCUT2D eigenvalue weighted by atomic mass is 9.83. The highest BCUT2D eigenvalue weighted by Gasteiger charge is 2.20. The van der Waals surface area contributed by atoms with Crippen LogP contribution in [0.5, 0.6) is 5.88 Å². The number of aromatic nitrogens is 1. The number of fused-ring (bicyclic) bond motifs is 1. The molecule has 4 nitrogen and oxygen atoms in total. The first-order valence-corrected chi connectivity index (χ1v) is 7.24. The van der Waals surface area contributed by atoms with Gasteiger partial charge >= 0.3 is 0 Å². The van der Waals surface area contributed by atoms with Crippen molar-refractivity contribution in [3.05, 3.63) is 22.9 Å². The van der Waals surface area contributed by atoms with Gasteiger partial charge in [0.25, 0.3) is 0 Å². The maximum absolute atomic E-state index is 7.66. The van der Waals surface area contributed by atoms with Crippen LogP contribution < -0.4 is 10.5 Å². The molecule has 3 N–H and O–H groups in total. The minimum Gasteiger partial charge on any atom is -0.477 e. The number of pyridine rings is 1. The SMILES string of the molecule is N=C(N)c1cc2c(nc1OCCC1CCC1)CCC2. The van der Waals surface area contributed by atoms with Crippen LogP contribution >= 0.6 is 0 Å². The van der Waals surface area contributed by atoms with Crippen molar-refractivity contribution in [3.63, 3.8) is 0 Å². The lowest BCUT2D eigenvalue weighted by Gasteiger charge is -2.25. The molecule has 0 aromatic carbocycles. The second-order valence-electron chi connectivity index (χ2n) is 5.65.